The van der Waals surface area contributed by atoms with E-state index < -0.39 is 0 Å². The van der Waals surface area contributed by atoms with Crippen LogP contribution in [-0.4, -0.2) is 23.4 Å². The third kappa shape index (κ3) is 4.32. The lowest BCUT2D eigenvalue weighted by atomic mass is 10.3. The van der Waals surface area contributed by atoms with E-state index in [1.165, 1.54) is 0 Å². The fourth-order valence-corrected chi connectivity index (χ4v) is 2.04. The average molecular weight is 302 g/mol. The van der Waals surface area contributed by atoms with E-state index in [1.807, 2.05) is 44.2 Å². The molecule has 0 radical (unpaired) electrons. The van der Waals surface area contributed by atoms with E-state index in [4.69, 9.17) is 17.0 Å². The number of aryl methyl sites for hydroxylation is 2. The van der Waals surface area contributed by atoms with Crippen molar-refractivity contribution >= 4 is 29.2 Å². The van der Waals surface area contributed by atoms with Gasteiger partial charge < -0.3 is 15.0 Å². The van der Waals surface area contributed by atoms with Crippen molar-refractivity contribution in [2.75, 3.05) is 12.4 Å². The van der Waals surface area contributed by atoms with Gasteiger partial charge in [-0.3, -0.25) is 5.43 Å². The van der Waals surface area contributed by atoms with Gasteiger partial charge in [0.25, 0.3) is 0 Å². The van der Waals surface area contributed by atoms with Crippen molar-refractivity contribution in [1.29, 1.82) is 0 Å². The Kier molecular flexibility index (Phi) is 4.94. The van der Waals surface area contributed by atoms with Crippen LogP contribution in [0.4, 0.5) is 5.69 Å². The molecule has 0 aliphatic rings. The molecule has 0 unspecified atom stereocenters. The summed E-state index contributed by atoms with van der Waals surface area (Å²) in [7, 11) is 1.63. The van der Waals surface area contributed by atoms with Gasteiger partial charge in [0.1, 0.15) is 5.75 Å². The third-order valence-corrected chi connectivity index (χ3v) is 3.10. The summed E-state index contributed by atoms with van der Waals surface area (Å²) in [6, 6.07) is 9.52. The van der Waals surface area contributed by atoms with Gasteiger partial charge in [0.2, 0.25) is 0 Å². The first-order valence-corrected chi connectivity index (χ1v) is 6.89. The van der Waals surface area contributed by atoms with E-state index in [2.05, 4.69) is 20.8 Å². The molecule has 0 saturated carbocycles. The van der Waals surface area contributed by atoms with E-state index in [0.29, 0.717) is 5.11 Å². The van der Waals surface area contributed by atoms with Crippen LogP contribution in [0.3, 0.4) is 0 Å². The molecule has 1 aromatic heterocycles. The van der Waals surface area contributed by atoms with E-state index in [1.54, 1.807) is 13.3 Å². The molecule has 0 bridgehead atoms. The average Bonchev–Trinajstić information content (AvgIpc) is 2.78. The Bertz CT molecular complexity index is 646. The zero-order chi connectivity index (χ0) is 15.2. The largest absolute Gasteiger partial charge is 0.497 e. The molecule has 2 aromatic rings. The molecule has 0 fully saturated rings. The quantitative estimate of drug-likeness (QED) is 0.462. The summed E-state index contributed by atoms with van der Waals surface area (Å²) in [6.45, 7) is 4.01. The molecule has 2 rings (SSSR count). The van der Waals surface area contributed by atoms with E-state index >= 15 is 0 Å². The second-order valence-electron chi connectivity index (χ2n) is 4.59. The van der Waals surface area contributed by atoms with Crippen molar-refractivity contribution in [3.63, 3.8) is 0 Å². The summed E-state index contributed by atoms with van der Waals surface area (Å²) in [5.74, 6) is 0.802. The maximum atomic E-state index is 5.18. The number of hydrogen-bond donors (Lipinski definition) is 3. The van der Waals surface area contributed by atoms with E-state index in [9.17, 15) is 0 Å². The Morgan fingerprint density at radius 1 is 1.29 bits per heavy atom. The number of H-pyrrole nitrogens is 1. The summed E-state index contributed by atoms with van der Waals surface area (Å²) in [6.07, 6.45) is 1.74. The zero-order valence-corrected chi connectivity index (χ0v) is 13.0. The molecule has 0 aliphatic heterocycles. The third-order valence-electron chi connectivity index (χ3n) is 2.91. The highest BCUT2D eigenvalue weighted by Crippen LogP contribution is 2.14. The van der Waals surface area contributed by atoms with Crippen molar-refractivity contribution in [2.45, 2.75) is 13.8 Å². The van der Waals surface area contributed by atoms with Crippen LogP contribution < -0.4 is 15.5 Å². The lowest BCUT2D eigenvalue weighted by Gasteiger charge is -2.07. The minimum atomic E-state index is 0.432. The van der Waals surface area contributed by atoms with Crippen LogP contribution >= 0.6 is 12.2 Å². The van der Waals surface area contributed by atoms with Crippen LogP contribution in [0.2, 0.25) is 0 Å². The first-order chi connectivity index (χ1) is 10.1. The minimum absolute atomic E-state index is 0.432. The minimum Gasteiger partial charge on any atom is -0.497 e. The SMILES string of the molecule is COc1ccc(NC(=S)N/N=C/c2cc(C)[nH]c2C)cc1. The number of aromatic amines is 1. The topological polar surface area (TPSA) is 61.4 Å². The second-order valence-corrected chi connectivity index (χ2v) is 4.99. The number of nitrogens with one attached hydrogen (secondary N) is 3. The van der Waals surface area contributed by atoms with Crippen LogP contribution in [-0.2, 0) is 0 Å². The highest BCUT2D eigenvalue weighted by Gasteiger charge is 1.99. The summed E-state index contributed by atoms with van der Waals surface area (Å²) >= 11 is 5.18. The number of aromatic nitrogens is 1. The molecule has 5 nitrogen and oxygen atoms in total. The van der Waals surface area contributed by atoms with Gasteiger partial charge >= 0.3 is 0 Å². The first kappa shape index (κ1) is 15.1. The van der Waals surface area contributed by atoms with Gasteiger partial charge in [-0.25, -0.2) is 0 Å². The van der Waals surface area contributed by atoms with E-state index in [-0.39, 0.29) is 0 Å². The number of methoxy groups -OCH3 is 1. The number of anilines is 1. The molecule has 110 valence electrons. The molecule has 6 heteroatoms. The maximum absolute atomic E-state index is 5.18. The number of hydrogen-bond acceptors (Lipinski definition) is 3. The van der Waals surface area contributed by atoms with Crippen LogP contribution in [0, 0.1) is 13.8 Å². The predicted molar refractivity (Wildman–Crippen MR) is 90.2 cm³/mol. The first-order valence-electron chi connectivity index (χ1n) is 6.49. The number of rotatable bonds is 4. The van der Waals surface area contributed by atoms with Crippen LogP contribution in [0.5, 0.6) is 5.75 Å². The molecular weight excluding hydrogens is 284 g/mol. The zero-order valence-electron chi connectivity index (χ0n) is 12.2. The Balaban J connectivity index is 1.88. The molecule has 3 N–H and O–H groups in total. The Labute approximate surface area is 129 Å². The fraction of sp³-hybridized carbons (Fsp3) is 0.200. The van der Waals surface area contributed by atoms with Crippen molar-refractivity contribution in [3.8, 4) is 5.75 Å². The smallest absolute Gasteiger partial charge is 0.191 e. The summed E-state index contributed by atoms with van der Waals surface area (Å²) < 4.78 is 5.10. The van der Waals surface area contributed by atoms with Gasteiger partial charge in [-0.05, 0) is 56.4 Å². The number of nitrogens with zero attached hydrogens (tertiary/aromatic N) is 1. The Morgan fingerprint density at radius 2 is 2.00 bits per heavy atom. The molecule has 0 saturated heterocycles. The summed E-state index contributed by atoms with van der Waals surface area (Å²) in [5.41, 5.74) is 6.88. The number of ether oxygens (including phenoxy) is 1. The standard InChI is InChI=1S/C15H18N4OS/c1-10-8-12(11(2)17-10)9-16-19-15(21)18-13-4-6-14(20-3)7-5-13/h4-9,17H,1-3H3,(H2,18,19,21)/b16-9+. The number of benzene rings is 1. The van der Waals surface area contributed by atoms with Crippen molar-refractivity contribution in [3.05, 3.63) is 47.3 Å². The highest BCUT2D eigenvalue weighted by molar-refractivity contribution is 7.80. The normalized spacial score (nSPS) is 10.6. The summed E-state index contributed by atoms with van der Waals surface area (Å²) in [4.78, 5) is 3.22. The van der Waals surface area contributed by atoms with Gasteiger partial charge in [-0.15, -0.1) is 0 Å². The van der Waals surface area contributed by atoms with Gasteiger partial charge in [0.05, 0.1) is 13.3 Å². The summed E-state index contributed by atoms with van der Waals surface area (Å²) in [5, 5.41) is 7.60. The number of hydrazone groups is 1. The monoisotopic (exact) mass is 302 g/mol. The molecular formula is C15H18N4OS. The molecule has 21 heavy (non-hydrogen) atoms. The van der Waals surface area contributed by atoms with E-state index in [0.717, 1.165) is 28.4 Å². The van der Waals surface area contributed by atoms with Gasteiger partial charge in [-0.2, -0.15) is 5.10 Å². The number of thiocarbonyl (C=S) groups is 1. The predicted octanol–water partition coefficient (Wildman–Crippen LogP) is 2.96. The molecule has 1 heterocycles. The lowest BCUT2D eigenvalue weighted by molar-refractivity contribution is 0.415. The van der Waals surface area contributed by atoms with Crippen LogP contribution in [0.15, 0.2) is 35.4 Å². The second kappa shape index (κ2) is 6.90. The van der Waals surface area contributed by atoms with Crippen LogP contribution in [0.1, 0.15) is 17.0 Å². The molecule has 0 atom stereocenters. The van der Waals surface area contributed by atoms with Crippen molar-refractivity contribution < 1.29 is 4.74 Å². The highest BCUT2D eigenvalue weighted by atomic mass is 32.1. The van der Waals surface area contributed by atoms with Crippen molar-refractivity contribution in [2.24, 2.45) is 5.10 Å². The van der Waals surface area contributed by atoms with Gasteiger partial charge in [0, 0.05) is 22.6 Å². The maximum Gasteiger partial charge on any atom is 0.191 e. The lowest BCUT2D eigenvalue weighted by Crippen LogP contribution is -2.23. The molecule has 0 aliphatic carbocycles. The van der Waals surface area contributed by atoms with Gasteiger partial charge in [0.15, 0.2) is 5.11 Å². The Morgan fingerprint density at radius 3 is 2.57 bits per heavy atom. The van der Waals surface area contributed by atoms with Crippen LogP contribution in [0.25, 0.3) is 0 Å². The molecule has 1 aromatic carbocycles. The van der Waals surface area contributed by atoms with Crippen molar-refractivity contribution in [1.82, 2.24) is 10.4 Å². The Hall–Kier alpha value is -2.34. The van der Waals surface area contributed by atoms with Gasteiger partial charge in [-0.1, -0.05) is 0 Å². The fourth-order valence-electron chi connectivity index (χ4n) is 1.87. The molecule has 0 amide bonds. The molecule has 0 spiro atoms.